The molecular formula is C13H4BrClF3NO. The van der Waals surface area contributed by atoms with Crippen LogP contribution in [-0.2, 0) is 0 Å². The van der Waals surface area contributed by atoms with Crippen LogP contribution < -0.4 is 4.74 Å². The zero-order valence-corrected chi connectivity index (χ0v) is 11.9. The molecule has 0 spiro atoms. The smallest absolute Gasteiger partial charge is 0.198 e. The van der Waals surface area contributed by atoms with Crippen molar-refractivity contribution in [2.24, 2.45) is 0 Å². The minimum absolute atomic E-state index is 0.144. The van der Waals surface area contributed by atoms with Crippen molar-refractivity contribution in [1.29, 1.82) is 5.26 Å². The van der Waals surface area contributed by atoms with E-state index in [9.17, 15) is 13.2 Å². The number of benzene rings is 2. The Morgan fingerprint density at radius 2 is 1.65 bits per heavy atom. The Morgan fingerprint density at radius 3 is 2.20 bits per heavy atom. The maximum atomic E-state index is 13.6. The summed E-state index contributed by atoms with van der Waals surface area (Å²) >= 11 is 8.59. The molecule has 0 amide bonds. The fourth-order valence-corrected chi connectivity index (χ4v) is 2.13. The second kappa shape index (κ2) is 5.73. The van der Waals surface area contributed by atoms with Crippen LogP contribution in [-0.4, -0.2) is 0 Å². The fourth-order valence-electron chi connectivity index (χ4n) is 1.41. The maximum absolute atomic E-state index is 13.6. The Morgan fingerprint density at radius 1 is 1.05 bits per heavy atom. The lowest BCUT2D eigenvalue weighted by atomic mass is 10.2. The molecular weight excluding hydrogens is 358 g/mol. The normalized spacial score (nSPS) is 10.2. The molecule has 2 aromatic rings. The van der Waals surface area contributed by atoms with E-state index in [0.717, 1.165) is 18.2 Å². The molecule has 0 fully saturated rings. The summed E-state index contributed by atoms with van der Waals surface area (Å²) in [6, 6.07) is 5.33. The summed E-state index contributed by atoms with van der Waals surface area (Å²) in [4.78, 5) is 0. The number of hydrogen-bond acceptors (Lipinski definition) is 2. The van der Waals surface area contributed by atoms with Crippen molar-refractivity contribution in [3.05, 3.63) is 56.8 Å². The number of nitrogens with zero attached hydrogens (tertiary/aromatic N) is 1. The first kappa shape index (κ1) is 14.7. The summed E-state index contributed by atoms with van der Waals surface area (Å²) in [5, 5.41) is 8.42. The summed E-state index contributed by atoms with van der Waals surface area (Å²) in [6.07, 6.45) is 0. The Bertz CT molecular complexity index is 707. The third kappa shape index (κ3) is 2.89. The van der Waals surface area contributed by atoms with Gasteiger partial charge in [0.2, 0.25) is 0 Å². The zero-order chi connectivity index (χ0) is 14.9. The topological polar surface area (TPSA) is 33.0 Å². The summed E-state index contributed by atoms with van der Waals surface area (Å²) in [7, 11) is 0. The molecule has 0 atom stereocenters. The van der Waals surface area contributed by atoms with Crippen molar-refractivity contribution in [3.63, 3.8) is 0 Å². The van der Waals surface area contributed by atoms with Gasteiger partial charge in [-0.3, -0.25) is 0 Å². The number of hydrogen-bond donors (Lipinski definition) is 0. The quantitative estimate of drug-likeness (QED) is 0.689. The molecule has 0 aliphatic heterocycles. The zero-order valence-electron chi connectivity index (χ0n) is 9.55. The van der Waals surface area contributed by atoms with E-state index >= 15 is 0 Å². The standard InChI is InChI=1S/C13H4BrClF3NO/c14-7-3-8(15)9(16)4-12(7)20-13-10(17)1-6(5-19)2-11(13)18/h1-4H. The van der Waals surface area contributed by atoms with E-state index in [1.165, 1.54) is 6.07 Å². The van der Waals surface area contributed by atoms with Crippen LogP contribution in [0, 0.1) is 28.8 Å². The van der Waals surface area contributed by atoms with Gasteiger partial charge in [0.1, 0.15) is 11.6 Å². The van der Waals surface area contributed by atoms with Gasteiger partial charge in [0.05, 0.1) is 21.1 Å². The van der Waals surface area contributed by atoms with Crippen LogP contribution in [0.3, 0.4) is 0 Å². The maximum Gasteiger partial charge on any atom is 0.198 e. The molecule has 0 saturated heterocycles. The van der Waals surface area contributed by atoms with Crippen LogP contribution in [0.5, 0.6) is 11.5 Å². The van der Waals surface area contributed by atoms with Gasteiger partial charge < -0.3 is 4.74 Å². The van der Waals surface area contributed by atoms with Crippen molar-refractivity contribution in [2.45, 2.75) is 0 Å². The molecule has 7 heteroatoms. The first-order chi connectivity index (χ1) is 9.42. The lowest BCUT2D eigenvalue weighted by Gasteiger charge is -2.10. The first-order valence-electron chi connectivity index (χ1n) is 5.14. The van der Waals surface area contributed by atoms with Gasteiger partial charge in [0.25, 0.3) is 0 Å². The van der Waals surface area contributed by atoms with Crippen LogP contribution in [0.4, 0.5) is 13.2 Å². The molecule has 0 unspecified atom stereocenters. The van der Waals surface area contributed by atoms with Gasteiger partial charge in [-0.2, -0.15) is 5.26 Å². The molecule has 2 rings (SSSR count). The van der Waals surface area contributed by atoms with Crippen molar-refractivity contribution >= 4 is 27.5 Å². The summed E-state index contributed by atoms with van der Waals surface area (Å²) in [5.74, 6) is -3.80. The second-order valence-corrected chi connectivity index (χ2v) is 4.94. The number of ether oxygens (including phenoxy) is 1. The monoisotopic (exact) mass is 361 g/mol. The minimum atomic E-state index is -1.07. The fraction of sp³-hybridized carbons (Fsp3) is 0. The summed E-state index contributed by atoms with van der Waals surface area (Å²) < 4.78 is 45.8. The average molecular weight is 363 g/mol. The van der Waals surface area contributed by atoms with E-state index < -0.39 is 23.2 Å². The highest BCUT2D eigenvalue weighted by Gasteiger charge is 2.16. The Labute approximate surface area is 125 Å². The van der Waals surface area contributed by atoms with E-state index in [1.807, 2.05) is 0 Å². The van der Waals surface area contributed by atoms with E-state index in [4.69, 9.17) is 21.6 Å². The third-order valence-corrected chi connectivity index (χ3v) is 3.22. The largest absolute Gasteiger partial charge is 0.450 e. The summed E-state index contributed by atoms with van der Waals surface area (Å²) in [5.41, 5.74) is -0.186. The van der Waals surface area contributed by atoms with Gasteiger partial charge in [-0.1, -0.05) is 11.6 Å². The Hall–Kier alpha value is -1.71. The van der Waals surface area contributed by atoms with Crippen LogP contribution in [0.25, 0.3) is 0 Å². The van der Waals surface area contributed by atoms with E-state index in [1.54, 1.807) is 6.07 Å². The van der Waals surface area contributed by atoms with Crippen molar-refractivity contribution in [3.8, 4) is 17.6 Å². The predicted octanol–water partition coefficient (Wildman–Crippen LogP) is 5.18. The van der Waals surface area contributed by atoms with Gasteiger partial charge in [-0.15, -0.1) is 0 Å². The van der Waals surface area contributed by atoms with Crippen LogP contribution >= 0.6 is 27.5 Å². The van der Waals surface area contributed by atoms with E-state index in [-0.39, 0.29) is 20.8 Å². The molecule has 0 heterocycles. The van der Waals surface area contributed by atoms with E-state index in [0.29, 0.717) is 0 Å². The van der Waals surface area contributed by atoms with Gasteiger partial charge >= 0.3 is 0 Å². The predicted molar refractivity (Wildman–Crippen MR) is 70.3 cm³/mol. The molecule has 2 aromatic carbocycles. The van der Waals surface area contributed by atoms with Crippen LogP contribution in [0.1, 0.15) is 5.56 Å². The molecule has 2 nitrogen and oxygen atoms in total. The Balaban J connectivity index is 2.46. The third-order valence-electron chi connectivity index (χ3n) is 2.31. The van der Waals surface area contributed by atoms with Gasteiger partial charge in [-0.25, -0.2) is 13.2 Å². The van der Waals surface area contributed by atoms with Crippen molar-refractivity contribution in [1.82, 2.24) is 0 Å². The van der Waals surface area contributed by atoms with E-state index in [2.05, 4.69) is 15.9 Å². The highest BCUT2D eigenvalue weighted by atomic mass is 79.9. The van der Waals surface area contributed by atoms with Gasteiger partial charge in [0.15, 0.2) is 17.4 Å². The molecule has 0 aromatic heterocycles. The molecule has 0 N–H and O–H groups in total. The highest BCUT2D eigenvalue weighted by molar-refractivity contribution is 9.10. The number of rotatable bonds is 2. The SMILES string of the molecule is N#Cc1cc(F)c(Oc2cc(F)c(Cl)cc2Br)c(F)c1. The number of halogens is 5. The van der Waals surface area contributed by atoms with Crippen LogP contribution in [0.15, 0.2) is 28.7 Å². The van der Waals surface area contributed by atoms with Crippen molar-refractivity contribution < 1.29 is 17.9 Å². The molecule has 0 saturated carbocycles. The highest BCUT2D eigenvalue weighted by Crippen LogP contribution is 2.36. The molecule has 20 heavy (non-hydrogen) atoms. The molecule has 0 bridgehead atoms. The Kier molecular flexibility index (Phi) is 4.21. The van der Waals surface area contributed by atoms with Gasteiger partial charge in [-0.05, 0) is 34.1 Å². The summed E-state index contributed by atoms with van der Waals surface area (Å²) in [6.45, 7) is 0. The molecule has 0 radical (unpaired) electrons. The first-order valence-corrected chi connectivity index (χ1v) is 6.31. The lowest BCUT2D eigenvalue weighted by molar-refractivity contribution is 0.403. The molecule has 0 aliphatic carbocycles. The molecule has 0 aliphatic rings. The van der Waals surface area contributed by atoms with Crippen LogP contribution in [0.2, 0.25) is 5.02 Å². The minimum Gasteiger partial charge on any atom is -0.450 e. The average Bonchev–Trinajstić information content (AvgIpc) is 2.39. The lowest BCUT2D eigenvalue weighted by Crippen LogP contribution is -1.95. The molecule has 102 valence electrons. The second-order valence-electron chi connectivity index (χ2n) is 3.68. The number of nitriles is 1. The van der Waals surface area contributed by atoms with Gasteiger partial charge in [0, 0.05) is 6.07 Å². The van der Waals surface area contributed by atoms with Crippen molar-refractivity contribution in [2.75, 3.05) is 0 Å².